The van der Waals surface area contributed by atoms with Crippen molar-refractivity contribution >= 4 is 33.0 Å². The second kappa shape index (κ2) is 5.40. The van der Waals surface area contributed by atoms with E-state index in [1.807, 2.05) is 18.2 Å². The Kier molecular flexibility index (Phi) is 4.07. The largest absolute Gasteiger partial charge is 0.399 e. The molecule has 1 aliphatic heterocycles. The van der Waals surface area contributed by atoms with E-state index in [-0.39, 0.29) is 11.5 Å². The first kappa shape index (κ1) is 13.5. The van der Waals surface area contributed by atoms with Gasteiger partial charge in [0.2, 0.25) is 0 Å². The van der Waals surface area contributed by atoms with Gasteiger partial charge in [-0.1, -0.05) is 6.92 Å². The van der Waals surface area contributed by atoms with Crippen molar-refractivity contribution in [3.63, 3.8) is 0 Å². The van der Waals surface area contributed by atoms with Gasteiger partial charge in [0, 0.05) is 35.2 Å². The Labute approximate surface area is 112 Å². The maximum atomic E-state index is 11.6. The van der Waals surface area contributed by atoms with Gasteiger partial charge in [0.05, 0.1) is 11.4 Å². The van der Waals surface area contributed by atoms with E-state index in [2.05, 4.69) is 4.90 Å². The van der Waals surface area contributed by atoms with Crippen LogP contribution in [0.1, 0.15) is 6.92 Å². The molecule has 2 N–H and O–H groups in total. The molecule has 6 heteroatoms. The van der Waals surface area contributed by atoms with Crippen LogP contribution in [0.2, 0.25) is 0 Å². The minimum atomic E-state index is -2.91. The number of anilines is 2. The lowest BCUT2D eigenvalue weighted by molar-refractivity contribution is 0.595. The van der Waals surface area contributed by atoms with Crippen LogP contribution in [-0.4, -0.2) is 38.8 Å². The Morgan fingerprint density at radius 1 is 1.44 bits per heavy atom. The molecule has 1 heterocycles. The Morgan fingerprint density at radius 2 is 2.22 bits per heavy atom. The first-order valence-corrected chi connectivity index (χ1v) is 8.80. The summed E-state index contributed by atoms with van der Waals surface area (Å²) in [6, 6.07) is 5.83. The summed E-state index contributed by atoms with van der Waals surface area (Å²) in [5.74, 6) is 1.41. The summed E-state index contributed by atoms with van der Waals surface area (Å²) in [4.78, 5) is 3.31. The van der Waals surface area contributed by atoms with Crippen molar-refractivity contribution in [3.8, 4) is 0 Å². The number of nitrogens with two attached hydrogens (primary N) is 1. The van der Waals surface area contributed by atoms with Gasteiger partial charge in [-0.05, 0) is 18.2 Å². The number of sulfone groups is 1. The number of fused-ring (bicyclic) bond motifs is 1. The molecule has 100 valence electrons. The lowest BCUT2D eigenvalue weighted by Crippen LogP contribution is -2.34. The monoisotopic (exact) mass is 286 g/mol. The molecule has 0 fully saturated rings. The average Bonchev–Trinajstić information content (AvgIpc) is 2.36. The number of hydrogen-bond donors (Lipinski definition) is 1. The molecular weight excluding hydrogens is 268 g/mol. The van der Waals surface area contributed by atoms with Gasteiger partial charge in [-0.2, -0.15) is 0 Å². The molecule has 1 aliphatic rings. The van der Waals surface area contributed by atoms with Crippen LogP contribution in [0.3, 0.4) is 0 Å². The van der Waals surface area contributed by atoms with Crippen LogP contribution in [0.25, 0.3) is 0 Å². The third-order valence-corrected chi connectivity index (χ3v) is 5.78. The number of hydrogen-bond acceptors (Lipinski definition) is 5. The zero-order valence-electron chi connectivity index (χ0n) is 10.4. The van der Waals surface area contributed by atoms with Gasteiger partial charge >= 0.3 is 0 Å². The highest BCUT2D eigenvalue weighted by Crippen LogP contribution is 2.35. The molecule has 0 spiro atoms. The summed E-state index contributed by atoms with van der Waals surface area (Å²) in [5, 5.41) is 0. The second-order valence-corrected chi connectivity index (χ2v) is 7.91. The molecule has 0 atom stereocenters. The maximum absolute atomic E-state index is 11.6. The summed E-state index contributed by atoms with van der Waals surface area (Å²) in [7, 11) is -2.91. The zero-order valence-corrected chi connectivity index (χ0v) is 12.1. The van der Waals surface area contributed by atoms with Crippen molar-refractivity contribution in [1.82, 2.24) is 0 Å². The van der Waals surface area contributed by atoms with E-state index < -0.39 is 9.84 Å². The van der Waals surface area contributed by atoms with Crippen molar-refractivity contribution in [2.75, 3.05) is 41.0 Å². The standard InChI is InChI=1S/C12H18N2O2S2/c1-2-18(15,16)8-6-14-5-7-17-12-4-3-10(13)9-11(12)14/h3-4,9H,2,5-8,13H2,1H3. The summed E-state index contributed by atoms with van der Waals surface area (Å²) in [6.07, 6.45) is 0. The van der Waals surface area contributed by atoms with Crippen LogP contribution in [0.15, 0.2) is 23.1 Å². The fraction of sp³-hybridized carbons (Fsp3) is 0.500. The predicted octanol–water partition coefficient (Wildman–Crippen LogP) is 1.62. The van der Waals surface area contributed by atoms with Gasteiger partial charge < -0.3 is 10.6 Å². The van der Waals surface area contributed by atoms with Gasteiger partial charge in [0.15, 0.2) is 9.84 Å². The molecule has 4 nitrogen and oxygen atoms in total. The SMILES string of the molecule is CCS(=O)(=O)CCN1CCSc2ccc(N)cc21. The highest BCUT2D eigenvalue weighted by atomic mass is 32.2. The second-order valence-electron chi connectivity index (χ2n) is 4.30. The Hall–Kier alpha value is -0.880. The fourth-order valence-corrected chi connectivity index (χ4v) is 3.73. The molecule has 0 unspecified atom stereocenters. The maximum Gasteiger partial charge on any atom is 0.151 e. The fourth-order valence-electron chi connectivity index (χ4n) is 1.92. The van der Waals surface area contributed by atoms with E-state index in [0.717, 1.165) is 23.7 Å². The molecule has 0 saturated heterocycles. The molecule has 18 heavy (non-hydrogen) atoms. The molecule has 0 radical (unpaired) electrons. The molecule has 1 aromatic carbocycles. The lowest BCUT2D eigenvalue weighted by Gasteiger charge is -2.30. The number of rotatable bonds is 4. The normalized spacial score (nSPS) is 15.5. The third-order valence-electron chi connectivity index (χ3n) is 3.05. The van der Waals surface area contributed by atoms with Crippen molar-refractivity contribution in [2.45, 2.75) is 11.8 Å². The van der Waals surface area contributed by atoms with E-state index in [1.54, 1.807) is 18.7 Å². The molecule has 0 aliphatic carbocycles. The topological polar surface area (TPSA) is 63.4 Å². The minimum Gasteiger partial charge on any atom is -0.399 e. The van der Waals surface area contributed by atoms with Gasteiger partial charge in [-0.25, -0.2) is 8.42 Å². The van der Waals surface area contributed by atoms with Crippen molar-refractivity contribution in [2.24, 2.45) is 0 Å². The molecule has 0 aromatic heterocycles. The Balaban J connectivity index is 2.15. The first-order chi connectivity index (χ1) is 8.52. The highest BCUT2D eigenvalue weighted by molar-refractivity contribution is 7.99. The molecule has 2 rings (SSSR count). The summed E-state index contributed by atoms with van der Waals surface area (Å²) < 4.78 is 23.1. The predicted molar refractivity (Wildman–Crippen MR) is 78.1 cm³/mol. The van der Waals surface area contributed by atoms with Gasteiger partial charge in [-0.3, -0.25) is 0 Å². The lowest BCUT2D eigenvalue weighted by atomic mass is 10.2. The van der Waals surface area contributed by atoms with E-state index in [0.29, 0.717) is 6.54 Å². The van der Waals surface area contributed by atoms with E-state index in [1.165, 1.54) is 4.90 Å². The first-order valence-electron chi connectivity index (χ1n) is 5.99. The average molecular weight is 286 g/mol. The van der Waals surface area contributed by atoms with Crippen molar-refractivity contribution in [3.05, 3.63) is 18.2 Å². The zero-order chi connectivity index (χ0) is 13.2. The Morgan fingerprint density at radius 3 is 2.94 bits per heavy atom. The molecular formula is C12H18N2O2S2. The molecule has 0 saturated carbocycles. The number of thioether (sulfide) groups is 1. The van der Waals surface area contributed by atoms with Gasteiger partial charge in [0.1, 0.15) is 0 Å². The molecule has 0 bridgehead atoms. The Bertz CT molecular complexity index is 529. The quantitative estimate of drug-likeness (QED) is 0.852. The number of nitrogen functional groups attached to an aromatic ring is 1. The number of nitrogens with zero attached hydrogens (tertiary/aromatic N) is 1. The van der Waals surface area contributed by atoms with E-state index >= 15 is 0 Å². The van der Waals surface area contributed by atoms with E-state index in [4.69, 9.17) is 5.73 Å². The van der Waals surface area contributed by atoms with Crippen LogP contribution in [-0.2, 0) is 9.84 Å². The minimum absolute atomic E-state index is 0.208. The van der Waals surface area contributed by atoms with Crippen LogP contribution in [0.5, 0.6) is 0 Å². The van der Waals surface area contributed by atoms with E-state index in [9.17, 15) is 8.42 Å². The van der Waals surface area contributed by atoms with Crippen LogP contribution >= 0.6 is 11.8 Å². The van der Waals surface area contributed by atoms with Crippen LogP contribution < -0.4 is 10.6 Å². The van der Waals surface area contributed by atoms with Gasteiger partial charge in [-0.15, -0.1) is 11.8 Å². The molecule has 0 amide bonds. The van der Waals surface area contributed by atoms with Gasteiger partial charge in [0.25, 0.3) is 0 Å². The third kappa shape index (κ3) is 3.11. The van der Waals surface area contributed by atoms with Crippen LogP contribution in [0.4, 0.5) is 11.4 Å². The van der Waals surface area contributed by atoms with Crippen molar-refractivity contribution in [1.29, 1.82) is 0 Å². The van der Waals surface area contributed by atoms with Crippen LogP contribution in [0, 0.1) is 0 Å². The smallest absolute Gasteiger partial charge is 0.151 e. The summed E-state index contributed by atoms with van der Waals surface area (Å²) >= 11 is 1.79. The summed E-state index contributed by atoms with van der Waals surface area (Å²) in [5.41, 5.74) is 7.59. The molecule has 1 aromatic rings. The highest BCUT2D eigenvalue weighted by Gasteiger charge is 2.19. The summed E-state index contributed by atoms with van der Waals surface area (Å²) in [6.45, 7) is 3.11. The van der Waals surface area contributed by atoms with Crippen molar-refractivity contribution < 1.29 is 8.42 Å². The number of benzene rings is 1.